The lowest BCUT2D eigenvalue weighted by atomic mass is 10.1. The van der Waals surface area contributed by atoms with Gasteiger partial charge in [0.25, 0.3) is 0 Å². The molecule has 0 aliphatic carbocycles. The minimum Gasteiger partial charge on any atom is -0.494 e. The molecular formula is C26H26N4O2S. The van der Waals surface area contributed by atoms with Crippen LogP contribution >= 0.6 is 11.8 Å². The summed E-state index contributed by atoms with van der Waals surface area (Å²) in [4.78, 5) is 12.6. The van der Waals surface area contributed by atoms with E-state index in [0.717, 1.165) is 34.1 Å². The third kappa shape index (κ3) is 6.02. The molecule has 1 aromatic heterocycles. The Morgan fingerprint density at radius 3 is 2.52 bits per heavy atom. The maximum Gasteiger partial charge on any atom is 0.234 e. The van der Waals surface area contributed by atoms with Crippen molar-refractivity contribution < 1.29 is 9.53 Å². The molecule has 4 aromatic rings. The first-order valence-electron chi connectivity index (χ1n) is 10.8. The molecule has 0 bridgehead atoms. The van der Waals surface area contributed by atoms with Gasteiger partial charge in [-0.3, -0.25) is 9.36 Å². The number of nitrogens with zero attached hydrogens (tertiary/aromatic N) is 3. The molecule has 4 rings (SSSR count). The van der Waals surface area contributed by atoms with Crippen molar-refractivity contribution >= 4 is 23.4 Å². The molecule has 33 heavy (non-hydrogen) atoms. The lowest BCUT2D eigenvalue weighted by Crippen LogP contribution is -2.14. The van der Waals surface area contributed by atoms with Gasteiger partial charge in [-0.05, 0) is 61.4 Å². The van der Waals surface area contributed by atoms with Gasteiger partial charge in [0.1, 0.15) is 11.6 Å². The van der Waals surface area contributed by atoms with Crippen LogP contribution in [0.1, 0.15) is 23.9 Å². The standard InChI is InChI=1S/C26H26N4O2S/c1-3-32-23-14-12-22(13-15-23)30-24(17-20-9-5-4-6-10-20)28-29-26(30)33-18-25(31)27-21-11-7-8-19(2)16-21/h4-16H,3,17-18H2,1-2H3,(H,27,31). The number of nitrogens with one attached hydrogen (secondary N) is 1. The normalized spacial score (nSPS) is 10.7. The molecule has 1 N–H and O–H groups in total. The molecule has 0 spiro atoms. The molecule has 0 aliphatic rings. The second-order valence-electron chi connectivity index (χ2n) is 7.53. The van der Waals surface area contributed by atoms with Gasteiger partial charge in [0.05, 0.1) is 12.4 Å². The minimum absolute atomic E-state index is 0.0866. The summed E-state index contributed by atoms with van der Waals surface area (Å²) >= 11 is 1.37. The predicted molar refractivity (Wildman–Crippen MR) is 132 cm³/mol. The van der Waals surface area contributed by atoms with Crippen molar-refractivity contribution in [2.24, 2.45) is 0 Å². The number of carbonyl (C=O) groups is 1. The summed E-state index contributed by atoms with van der Waals surface area (Å²) in [5, 5.41) is 12.5. The summed E-state index contributed by atoms with van der Waals surface area (Å²) < 4.78 is 7.59. The summed E-state index contributed by atoms with van der Waals surface area (Å²) in [6.07, 6.45) is 0.636. The smallest absolute Gasteiger partial charge is 0.234 e. The van der Waals surface area contributed by atoms with E-state index in [-0.39, 0.29) is 11.7 Å². The van der Waals surface area contributed by atoms with Gasteiger partial charge < -0.3 is 10.1 Å². The number of rotatable bonds is 9. The highest BCUT2D eigenvalue weighted by atomic mass is 32.2. The maximum absolute atomic E-state index is 12.6. The van der Waals surface area contributed by atoms with Crippen molar-refractivity contribution in [3.8, 4) is 11.4 Å². The predicted octanol–water partition coefficient (Wildman–Crippen LogP) is 5.30. The Morgan fingerprint density at radius 2 is 1.79 bits per heavy atom. The van der Waals surface area contributed by atoms with Gasteiger partial charge in [-0.1, -0.05) is 54.2 Å². The van der Waals surface area contributed by atoms with Gasteiger partial charge in [0.2, 0.25) is 5.91 Å². The van der Waals surface area contributed by atoms with E-state index >= 15 is 0 Å². The zero-order valence-electron chi connectivity index (χ0n) is 18.7. The minimum atomic E-state index is -0.0866. The molecule has 0 saturated carbocycles. The van der Waals surface area contributed by atoms with Crippen molar-refractivity contribution in [2.45, 2.75) is 25.4 Å². The largest absolute Gasteiger partial charge is 0.494 e. The topological polar surface area (TPSA) is 69.0 Å². The van der Waals surface area contributed by atoms with E-state index in [9.17, 15) is 4.79 Å². The molecule has 1 heterocycles. The third-order valence-electron chi connectivity index (χ3n) is 4.95. The number of carbonyl (C=O) groups excluding carboxylic acids is 1. The number of hydrogen-bond acceptors (Lipinski definition) is 5. The molecular weight excluding hydrogens is 432 g/mol. The average Bonchev–Trinajstić information content (AvgIpc) is 3.21. The fourth-order valence-corrected chi connectivity index (χ4v) is 4.22. The van der Waals surface area contributed by atoms with E-state index in [2.05, 4.69) is 27.6 Å². The summed E-state index contributed by atoms with van der Waals surface area (Å²) in [6, 6.07) is 25.8. The molecule has 0 atom stereocenters. The molecule has 168 valence electrons. The van der Waals surface area contributed by atoms with Crippen LogP contribution in [0, 0.1) is 6.92 Å². The highest BCUT2D eigenvalue weighted by Gasteiger charge is 2.17. The Morgan fingerprint density at radius 1 is 1.00 bits per heavy atom. The van der Waals surface area contributed by atoms with Gasteiger partial charge in [0.15, 0.2) is 5.16 Å². The molecule has 0 fully saturated rings. The van der Waals surface area contributed by atoms with E-state index in [1.807, 2.05) is 85.1 Å². The van der Waals surface area contributed by atoms with Crippen LogP contribution < -0.4 is 10.1 Å². The highest BCUT2D eigenvalue weighted by molar-refractivity contribution is 7.99. The molecule has 0 aliphatic heterocycles. The first-order chi connectivity index (χ1) is 16.1. The lowest BCUT2D eigenvalue weighted by molar-refractivity contribution is -0.113. The quantitative estimate of drug-likeness (QED) is 0.345. The third-order valence-corrected chi connectivity index (χ3v) is 5.87. The van der Waals surface area contributed by atoms with E-state index in [1.54, 1.807) is 0 Å². The summed E-state index contributed by atoms with van der Waals surface area (Å²) in [7, 11) is 0. The molecule has 6 nitrogen and oxygen atoms in total. The fraction of sp³-hybridized carbons (Fsp3) is 0.192. The van der Waals surface area contributed by atoms with Crippen LogP contribution in [-0.4, -0.2) is 33.0 Å². The Balaban J connectivity index is 1.55. The zero-order chi connectivity index (χ0) is 23.0. The molecule has 0 saturated heterocycles. The number of aryl methyl sites for hydroxylation is 1. The van der Waals surface area contributed by atoms with Crippen molar-refractivity contribution in [1.29, 1.82) is 0 Å². The number of ether oxygens (including phenoxy) is 1. The molecule has 3 aromatic carbocycles. The fourth-order valence-electron chi connectivity index (χ4n) is 3.45. The SMILES string of the molecule is CCOc1ccc(-n2c(Cc3ccccc3)nnc2SCC(=O)Nc2cccc(C)c2)cc1. The van der Waals surface area contributed by atoms with Crippen molar-refractivity contribution in [3.05, 3.63) is 95.8 Å². The van der Waals surface area contributed by atoms with Crippen molar-refractivity contribution in [1.82, 2.24) is 14.8 Å². The van der Waals surface area contributed by atoms with E-state index < -0.39 is 0 Å². The Hall–Kier alpha value is -3.58. The van der Waals surface area contributed by atoms with Crippen LogP contribution in [0.25, 0.3) is 5.69 Å². The van der Waals surface area contributed by atoms with E-state index in [4.69, 9.17) is 4.74 Å². The Labute approximate surface area is 198 Å². The van der Waals surface area contributed by atoms with Crippen molar-refractivity contribution in [2.75, 3.05) is 17.7 Å². The lowest BCUT2D eigenvalue weighted by Gasteiger charge is -2.12. The average molecular weight is 459 g/mol. The van der Waals surface area contributed by atoms with Gasteiger partial charge in [0, 0.05) is 17.8 Å². The monoisotopic (exact) mass is 458 g/mol. The Kier molecular flexibility index (Phi) is 7.42. The maximum atomic E-state index is 12.6. The molecule has 0 unspecified atom stereocenters. The number of amides is 1. The van der Waals surface area contributed by atoms with E-state index in [0.29, 0.717) is 18.2 Å². The van der Waals surface area contributed by atoms with Crippen LogP contribution in [-0.2, 0) is 11.2 Å². The molecule has 0 radical (unpaired) electrons. The first kappa shape index (κ1) is 22.6. The second kappa shape index (κ2) is 10.8. The molecule has 7 heteroatoms. The van der Waals surface area contributed by atoms with Gasteiger partial charge in [-0.25, -0.2) is 0 Å². The van der Waals surface area contributed by atoms with Gasteiger partial charge in [-0.2, -0.15) is 0 Å². The van der Waals surface area contributed by atoms with Gasteiger partial charge in [-0.15, -0.1) is 10.2 Å². The molecule has 1 amide bonds. The van der Waals surface area contributed by atoms with Crippen LogP contribution in [0.4, 0.5) is 5.69 Å². The first-order valence-corrected chi connectivity index (χ1v) is 11.8. The highest BCUT2D eigenvalue weighted by Crippen LogP contribution is 2.25. The van der Waals surface area contributed by atoms with Crippen molar-refractivity contribution in [3.63, 3.8) is 0 Å². The number of hydrogen-bond donors (Lipinski definition) is 1. The number of thioether (sulfide) groups is 1. The van der Waals surface area contributed by atoms with Gasteiger partial charge >= 0.3 is 0 Å². The summed E-state index contributed by atoms with van der Waals surface area (Å²) in [5.74, 6) is 1.77. The van der Waals surface area contributed by atoms with Crippen LogP contribution in [0.5, 0.6) is 5.75 Å². The Bertz CT molecular complexity index is 1210. The number of aromatic nitrogens is 3. The number of benzene rings is 3. The van der Waals surface area contributed by atoms with Crippen LogP contribution in [0.3, 0.4) is 0 Å². The van der Waals surface area contributed by atoms with Crippen LogP contribution in [0.15, 0.2) is 84.0 Å². The van der Waals surface area contributed by atoms with Crippen LogP contribution in [0.2, 0.25) is 0 Å². The summed E-state index contributed by atoms with van der Waals surface area (Å²) in [5.41, 5.74) is 3.96. The zero-order valence-corrected chi connectivity index (χ0v) is 19.5. The van der Waals surface area contributed by atoms with E-state index in [1.165, 1.54) is 11.8 Å². The number of anilines is 1. The second-order valence-corrected chi connectivity index (χ2v) is 8.47. The summed E-state index contributed by atoms with van der Waals surface area (Å²) in [6.45, 7) is 4.57.